The first-order chi connectivity index (χ1) is 4.56. The Bertz CT molecular complexity index is 87.6. The summed E-state index contributed by atoms with van der Waals surface area (Å²) >= 11 is 16.1. The van der Waals surface area contributed by atoms with Crippen LogP contribution in [0.4, 0.5) is 0 Å². The van der Waals surface area contributed by atoms with Gasteiger partial charge in [-0.15, -0.1) is 0 Å². The molecule has 70 valence electrons. The van der Waals surface area contributed by atoms with E-state index in [1.807, 2.05) is 6.92 Å². The first-order valence-electron chi connectivity index (χ1n) is 2.40. The van der Waals surface area contributed by atoms with E-state index in [-0.39, 0.29) is 0 Å². The van der Waals surface area contributed by atoms with Gasteiger partial charge >= 0.3 is 14.7 Å². The van der Waals surface area contributed by atoms with Crippen LogP contribution in [0.25, 0.3) is 0 Å². The molecule has 0 rings (SSSR count). The maximum atomic E-state index is 5.36. The Morgan fingerprint density at radius 1 is 1.00 bits per heavy atom. The fourth-order valence-corrected chi connectivity index (χ4v) is 0. The van der Waals surface area contributed by atoms with Gasteiger partial charge in [0, 0.05) is 0 Å². The van der Waals surface area contributed by atoms with E-state index in [0.29, 0.717) is 6.16 Å². The summed E-state index contributed by atoms with van der Waals surface area (Å²) in [5.74, 6) is 0. The monoisotopic (exact) mass is 332 g/mol. The van der Waals surface area contributed by atoms with Gasteiger partial charge in [-0.25, -0.2) is 0 Å². The summed E-state index contributed by atoms with van der Waals surface area (Å²) in [6.07, 6.45) is 0.678. The van der Waals surface area contributed by atoms with Crippen LogP contribution >= 0.6 is 79.2 Å². The summed E-state index contributed by atoms with van der Waals surface area (Å²) in [7, 11) is 17.0. The molecular formula is C2H5AlCl7P. The minimum absolute atomic E-state index is 0.678. The molecule has 0 saturated heterocycles. The van der Waals surface area contributed by atoms with Crippen LogP contribution in [0.3, 0.4) is 0 Å². The van der Waals surface area contributed by atoms with E-state index in [4.69, 9.17) is 73.9 Å². The second-order valence-electron chi connectivity index (χ2n) is 1.36. The van der Waals surface area contributed by atoms with Gasteiger partial charge in [0.2, 0.25) is 0 Å². The molecule has 0 spiro atoms. The normalized spacial score (nSPS) is 12.0. The van der Waals surface area contributed by atoms with Crippen LogP contribution in [0.1, 0.15) is 6.92 Å². The second kappa shape index (κ2) is 7.31. The zero-order valence-electron chi connectivity index (χ0n) is 5.38. The zero-order valence-corrected chi connectivity index (χ0v) is 12.7. The van der Waals surface area contributed by atoms with E-state index >= 15 is 0 Å². The molecule has 0 radical (unpaired) electrons. The largest absolute Gasteiger partial charge is 0.564 e. The summed E-state index contributed by atoms with van der Waals surface area (Å²) in [6.45, 7) is 1.86. The van der Waals surface area contributed by atoms with Gasteiger partial charge in [0.05, 0.1) is 0 Å². The molecule has 0 aliphatic heterocycles. The second-order valence-corrected chi connectivity index (χ2v) is 22.7. The van der Waals surface area contributed by atoms with Crippen LogP contribution < -0.4 is 0 Å². The molecule has 0 aliphatic carbocycles. The molecule has 0 amide bonds. The van der Waals surface area contributed by atoms with E-state index in [1.54, 1.807) is 0 Å². The average Bonchev–Trinajstić information content (AvgIpc) is 1.59. The van der Waals surface area contributed by atoms with Crippen LogP contribution in [0.15, 0.2) is 0 Å². The molecule has 0 heterocycles. The van der Waals surface area contributed by atoms with Crippen LogP contribution in [-0.4, -0.2) is 15.6 Å². The van der Waals surface area contributed by atoms with Gasteiger partial charge in [0.15, 0.2) is 0 Å². The van der Waals surface area contributed by atoms with Crippen molar-refractivity contribution in [2.75, 3.05) is 6.16 Å². The van der Waals surface area contributed by atoms with Crippen molar-refractivity contribution in [3.05, 3.63) is 0 Å². The number of rotatable bonds is 1. The Balaban J connectivity index is 0. The lowest BCUT2D eigenvalue weighted by Gasteiger charge is -1.97. The molecule has 9 heteroatoms. The van der Waals surface area contributed by atoms with Crippen LogP contribution in [0.2, 0.25) is 0 Å². The minimum Gasteiger partial charge on any atom is -0.391 e. The van der Waals surface area contributed by atoms with Crippen molar-refractivity contribution in [2.45, 2.75) is 6.92 Å². The lowest BCUT2D eigenvalue weighted by molar-refractivity contribution is 1.52. The molecule has 0 N–H and O–H groups in total. The number of hydrogen-bond acceptors (Lipinski definition) is 0. The molecule has 0 saturated carbocycles. The summed E-state index contributed by atoms with van der Waals surface area (Å²) in [6, 6.07) is 0. The molecule has 0 bridgehead atoms. The van der Waals surface area contributed by atoms with Gasteiger partial charge in [-0.2, -0.15) is 0 Å². The van der Waals surface area contributed by atoms with Crippen molar-refractivity contribution in [1.82, 2.24) is 0 Å². The third kappa shape index (κ3) is 43.7. The van der Waals surface area contributed by atoms with Crippen molar-refractivity contribution >= 4 is 88.6 Å². The van der Waals surface area contributed by atoms with Gasteiger partial charge in [-0.3, -0.25) is 0 Å². The number of hydrogen-bond donors (Lipinski definition) is 0. The van der Waals surface area contributed by atoms with Crippen molar-refractivity contribution in [3.63, 3.8) is 0 Å². The van der Waals surface area contributed by atoms with Gasteiger partial charge in [-0.05, 0) is 6.92 Å². The van der Waals surface area contributed by atoms with Crippen molar-refractivity contribution in [2.24, 2.45) is 0 Å². The molecule has 0 fully saturated rings. The average molecular weight is 335 g/mol. The smallest absolute Gasteiger partial charge is 0.391 e. The highest BCUT2D eigenvalue weighted by molar-refractivity contribution is 8.32. The Kier molecular flexibility index (Phi) is 10.9. The van der Waals surface area contributed by atoms with E-state index < -0.39 is 14.7 Å². The van der Waals surface area contributed by atoms with E-state index in [1.165, 1.54) is 0 Å². The predicted octanol–water partition coefficient (Wildman–Crippen LogP) is 5.86. The zero-order chi connectivity index (χ0) is 9.71. The Labute approximate surface area is 101 Å². The van der Waals surface area contributed by atoms with Gasteiger partial charge < -0.3 is 40.2 Å². The van der Waals surface area contributed by atoms with Crippen molar-refractivity contribution in [3.8, 4) is 0 Å². The summed E-state index contributed by atoms with van der Waals surface area (Å²) < 4.78 is 0. The molecule has 11 heavy (non-hydrogen) atoms. The highest BCUT2D eigenvalue weighted by atomic mass is 36.1. The van der Waals surface area contributed by atoms with Crippen LogP contribution in [0, 0.1) is 0 Å². The summed E-state index contributed by atoms with van der Waals surface area (Å²) in [5.41, 5.74) is 0. The Morgan fingerprint density at radius 2 is 1.09 bits per heavy atom. The van der Waals surface area contributed by atoms with Crippen molar-refractivity contribution in [1.29, 1.82) is 0 Å². The molecule has 0 nitrogen and oxygen atoms in total. The third-order valence-corrected chi connectivity index (χ3v) is 3.23. The Hall–Kier alpha value is 2.99. The molecular weight excluding hydrogens is 330 g/mol. The fraction of sp³-hybridized carbons (Fsp3) is 1.00. The maximum absolute atomic E-state index is 5.36. The quantitative estimate of drug-likeness (QED) is 0.416. The molecule has 0 atom stereocenters. The van der Waals surface area contributed by atoms with E-state index in [2.05, 4.69) is 0 Å². The van der Waals surface area contributed by atoms with E-state index in [0.717, 1.165) is 0 Å². The first-order valence-corrected chi connectivity index (χ1v) is 14.1. The van der Waals surface area contributed by atoms with E-state index in [9.17, 15) is 0 Å². The standard InChI is InChI=1S/C2H5Cl3P.Al.4ClH/c1-2-6(3,4)5;;;;;/h2H2,1H3;;4*1H/q+1;+3;;;;/p-4. The highest BCUT2D eigenvalue weighted by Gasteiger charge is 2.28. The molecule has 0 unspecified atom stereocenters. The topological polar surface area (TPSA) is 0 Å². The third-order valence-electron chi connectivity index (χ3n) is 0.359. The number of halogens is 7. The molecule has 0 aromatic rings. The molecule has 0 aromatic heterocycles. The van der Waals surface area contributed by atoms with Crippen molar-refractivity contribution < 1.29 is 0 Å². The van der Waals surface area contributed by atoms with Gasteiger partial charge in [0.1, 0.15) is 39.9 Å². The maximum Gasteiger partial charge on any atom is 0.564 e. The molecule has 0 aliphatic rings. The fourth-order valence-electron chi connectivity index (χ4n) is 0. The van der Waals surface area contributed by atoms with Gasteiger partial charge in [0.25, 0.3) is 0 Å². The van der Waals surface area contributed by atoms with Crippen LogP contribution in [0.5, 0.6) is 0 Å². The lowest BCUT2D eigenvalue weighted by atomic mass is 11.0. The summed E-state index contributed by atoms with van der Waals surface area (Å²) in [5, 5.41) is -1.98. The lowest BCUT2D eigenvalue weighted by Crippen LogP contribution is -1.91. The first kappa shape index (κ1) is 16.4. The van der Waals surface area contributed by atoms with Gasteiger partial charge in [-0.1, -0.05) is 0 Å². The minimum atomic E-state index is -2.94. The SMILES string of the molecule is CC[P+](Cl)(Cl)Cl.[Cl][Al-]([Cl])([Cl])[Cl]. The highest BCUT2D eigenvalue weighted by Crippen LogP contribution is 2.73. The van der Waals surface area contributed by atoms with Crippen LogP contribution in [-0.2, 0) is 0 Å². The Morgan fingerprint density at radius 3 is 1.09 bits per heavy atom. The summed E-state index contributed by atoms with van der Waals surface area (Å²) in [4.78, 5) is 0. The predicted molar refractivity (Wildman–Crippen MR) is 64.2 cm³/mol. The molecule has 0 aromatic carbocycles.